The molecule has 1 aromatic heterocycles. The molecule has 1 heterocycles. The molecule has 0 aliphatic heterocycles. The fourth-order valence-corrected chi connectivity index (χ4v) is 1.76. The third-order valence-corrected chi connectivity index (χ3v) is 2.49. The number of nitrogens with two attached hydrogens (primary N) is 1. The van der Waals surface area contributed by atoms with E-state index in [9.17, 15) is 0 Å². The number of hydrogen-bond acceptors (Lipinski definition) is 5. The van der Waals surface area contributed by atoms with E-state index in [0.717, 1.165) is 17.0 Å². The summed E-state index contributed by atoms with van der Waals surface area (Å²) in [4.78, 5) is 0. The molecule has 0 amide bonds. The van der Waals surface area contributed by atoms with E-state index in [2.05, 4.69) is 20.8 Å². The average Bonchev–Trinajstić information content (AvgIpc) is 2.85. The van der Waals surface area contributed by atoms with Crippen LogP contribution in [-0.2, 0) is 0 Å². The van der Waals surface area contributed by atoms with Gasteiger partial charge in [-0.1, -0.05) is 18.2 Å². The van der Waals surface area contributed by atoms with Crippen molar-refractivity contribution in [3.63, 3.8) is 0 Å². The summed E-state index contributed by atoms with van der Waals surface area (Å²) in [5, 5.41) is 10.4. The van der Waals surface area contributed by atoms with Crippen molar-refractivity contribution < 1.29 is 4.74 Å². The van der Waals surface area contributed by atoms with Gasteiger partial charge >= 0.3 is 0 Å². The number of nitrogens with one attached hydrogen (secondary N) is 2. The Balaban J connectivity index is 2.36. The first kappa shape index (κ1) is 12.5. The highest BCUT2D eigenvalue weighted by atomic mass is 16.5. The molecular weight excluding hydrogens is 230 g/mol. The first-order valence-electron chi connectivity index (χ1n) is 5.79. The van der Waals surface area contributed by atoms with Gasteiger partial charge in [-0.3, -0.25) is 5.84 Å². The molecule has 96 valence electrons. The first-order valence-corrected chi connectivity index (χ1v) is 5.79. The minimum atomic E-state index is -0.251. The van der Waals surface area contributed by atoms with Crippen molar-refractivity contribution in [2.24, 2.45) is 5.84 Å². The SMILES string of the molecule is CC(C)Oc1ccccc1C(NN)c1cn[nH]n1. The average molecular weight is 247 g/mol. The summed E-state index contributed by atoms with van der Waals surface area (Å²) in [6.45, 7) is 3.97. The summed E-state index contributed by atoms with van der Waals surface area (Å²) in [6.07, 6.45) is 1.73. The Hall–Kier alpha value is -1.92. The van der Waals surface area contributed by atoms with Gasteiger partial charge in [0.25, 0.3) is 0 Å². The van der Waals surface area contributed by atoms with Crippen molar-refractivity contribution in [1.82, 2.24) is 20.8 Å². The van der Waals surface area contributed by atoms with Crippen molar-refractivity contribution in [2.45, 2.75) is 26.0 Å². The molecule has 0 spiro atoms. The van der Waals surface area contributed by atoms with Gasteiger partial charge in [0.2, 0.25) is 0 Å². The Morgan fingerprint density at radius 2 is 2.11 bits per heavy atom. The fraction of sp³-hybridized carbons (Fsp3) is 0.333. The van der Waals surface area contributed by atoms with Gasteiger partial charge < -0.3 is 4.74 Å². The molecule has 0 radical (unpaired) electrons. The number of ether oxygens (including phenoxy) is 1. The van der Waals surface area contributed by atoms with Crippen molar-refractivity contribution in [3.05, 3.63) is 41.7 Å². The Morgan fingerprint density at radius 3 is 2.72 bits per heavy atom. The minimum absolute atomic E-state index is 0.0990. The quantitative estimate of drug-likeness (QED) is 0.544. The van der Waals surface area contributed by atoms with E-state index < -0.39 is 0 Å². The van der Waals surface area contributed by atoms with E-state index >= 15 is 0 Å². The monoisotopic (exact) mass is 247 g/mol. The second kappa shape index (κ2) is 5.61. The van der Waals surface area contributed by atoms with Crippen LogP contribution in [-0.4, -0.2) is 21.5 Å². The molecule has 1 unspecified atom stereocenters. The Kier molecular flexibility index (Phi) is 3.91. The lowest BCUT2D eigenvalue weighted by molar-refractivity contribution is 0.238. The minimum Gasteiger partial charge on any atom is -0.491 e. The standard InChI is InChI=1S/C12H17N5O/c1-8(2)18-11-6-4-3-5-9(11)12(15-13)10-7-14-17-16-10/h3-8,12,15H,13H2,1-2H3,(H,14,16,17). The number of H-pyrrole nitrogens is 1. The van der Waals surface area contributed by atoms with Gasteiger partial charge in [-0.05, 0) is 19.9 Å². The van der Waals surface area contributed by atoms with Crippen LogP contribution in [0.3, 0.4) is 0 Å². The van der Waals surface area contributed by atoms with Crippen molar-refractivity contribution in [2.75, 3.05) is 0 Å². The Bertz CT molecular complexity index is 483. The molecule has 0 aliphatic rings. The molecule has 6 nitrogen and oxygen atoms in total. The second-order valence-corrected chi connectivity index (χ2v) is 4.20. The summed E-state index contributed by atoms with van der Waals surface area (Å²) in [5.41, 5.74) is 4.38. The zero-order chi connectivity index (χ0) is 13.0. The summed E-state index contributed by atoms with van der Waals surface area (Å²) in [6, 6.07) is 7.49. The van der Waals surface area contributed by atoms with Gasteiger partial charge in [0.1, 0.15) is 11.4 Å². The predicted octanol–water partition coefficient (Wildman–Crippen LogP) is 1.14. The highest BCUT2D eigenvalue weighted by molar-refractivity contribution is 5.39. The van der Waals surface area contributed by atoms with Crippen LogP contribution < -0.4 is 16.0 Å². The molecule has 1 aromatic carbocycles. The van der Waals surface area contributed by atoms with Crippen LogP contribution in [0.1, 0.15) is 31.1 Å². The predicted molar refractivity (Wildman–Crippen MR) is 67.8 cm³/mol. The van der Waals surface area contributed by atoms with Gasteiger partial charge in [0.05, 0.1) is 18.3 Å². The van der Waals surface area contributed by atoms with E-state index in [4.69, 9.17) is 10.6 Å². The largest absolute Gasteiger partial charge is 0.491 e. The highest BCUT2D eigenvalue weighted by Gasteiger charge is 2.19. The number of aromatic nitrogens is 3. The van der Waals surface area contributed by atoms with E-state index in [-0.39, 0.29) is 12.1 Å². The van der Waals surface area contributed by atoms with Gasteiger partial charge in [0.15, 0.2) is 0 Å². The molecular formula is C12H17N5O. The molecule has 2 rings (SSSR count). The molecule has 0 fully saturated rings. The number of para-hydroxylation sites is 1. The summed E-state index contributed by atoms with van der Waals surface area (Å²) < 4.78 is 5.77. The number of hydrazine groups is 1. The zero-order valence-electron chi connectivity index (χ0n) is 10.4. The first-order chi connectivity index (χ1) is 8.72. The number of nitrogens with zero attached hydrogens (tertiary/aromatic N) is 2. The van der Waals surface area contributed by atoms with Gasteiger partial charge in [0, 0.05) is 5.56 Å². The molecule has 0 saturated carbocycles. The lowest BCUT2D eigenvalue weighted by Gasteiger charge is -2.19. The zero-order valence-corrected chi connectivity index (χ0v) is 10.4. The highest BCUT2D eigenvalue weighted by Crippen LogP contribution is 2.28. The topological polar surface area (TPSA) is 88.9 Å². The van der Waals surface area contributed by atoms with Gasteiger partial charge in [-0.25, -0.2) is 5.43 Å². The Morgan fingerprint density at radius 1 is 1.33 bits per heavy atom. The number of rotatable bonds is 5. The van der Waals surface area contributed by atoms with Crippen LogP contribution in [0.2, 0.25) is 0 Å². The van der Waals surface area contributed by atoms with Crippen LogP contribution in [0.25, 0.3) is 0 Å². The number of benzene rings is 1. The summed E-state index contributed by atoms with van der Waals surface area (Å²) >= 11 is 0. The maximum absolute atomic E-state index is 5.77. The number of hydrogen-bond donors (Lipinski definition) is 3. The summed E-state index contributed by atoms with van der Waals surface area (Å²) in [5.74, 6) is 6.40. The van der Waals surface area contributed by atoms with E-state index in [1.165, 1.54) is 0 Å². The fourth-order valence-electron chi connectivity index (χ4n) is 1.76. The van der Waals surface area contributed by atoms with Crippen LogP contribution in [0.15, 0.2) is 30.5 Å². The van der Waals surface area contributed by atoms with E-state index in [0.29, 0.717) is 0 Å². The second-order valence-electron chi connectivity index (χ2n) is 4.20. The molecule has 2 aromatic rings. The lowest BCUT2D eigenvalue weighted by Crippen LogP contribution is -2.29. The molecule has 0 saturated heterocycles. The smallest absolute Gasteiger partial charge is 0.124 e. The molecule has 1 atom stereocenters. The number of aromatic amines is 1. The Labute approximate surface area is 106 Å². The normalized spacial score (nSPS) is 12.7. The van der Waals surface area contributed by atoms with Crippen LogP contribution >= 0.6 is 0 Å². The van der Waals surface area contributed by atoms with Crippen molar-refractivity contribution in [1.29, 1.82) is 0 Å². The van der Waals surface area contributed by atoms with E-state index in [1.54, 1.807) is 6.20 Å². The van der Waals surface area contributed by atoms with Crippen molar-refractivity contribution in [3.8, 4) is 5.75 Å². The summed E-state index contributed by atoms with van der Waals surface area (Å²) in [7, 11) is 0. The molecule has 6 heteroatoms. The van der Waals surface area contributed by atoms with Crippen LogP contribution in [0, 0.1) is 0 Å². The van der Waals surface area contributed by atoms with Crippen LogP contribution in [0.5, 0.6) is 5.75 Å². The molecule has 18 heavy (non-hydrogen) atoms. The van der Waals surface area contributed by atoms with Gasteiger partial charge in [-0.2, -0.15) is 15.4 Å². The maximum atomic E-state index is 5.77. The lowest BCUT2D eigenvalue weighted by atomic mass is 10.0. The molecule has 0 aliphatic carbocycles. The van der Waals surface area contributed by atoms with Crippen molar-refractivity contribution >= 4 is 0 Å². The third kappa shape index (κ3) is 2.66. The van der Waals surface area contributed by atoms with Gasteiger partial charge in [-0.15, -0.1) is 0 Å². The maximum Gasteiger partial charge on any atom is 0.124 e. The third-order valence-electron chi connectivity index (χ3n) is 2.49. The molecule has 4 N–H and O–H groups in total. The van der Waals surface area contributed by atoms with Crippen LogP contribution in [0.4, 0.5) is 0 Å². The van der Waals surface area contributed by atoms with E-state index in [1.807, 2.05) is 38.1 Å². The molecule has 0 bridgehead atoms.